The fourth-order valence-corrected chi connectivity index (χ4v) is 3.24. The van der Waals surface area contributed by atoms with E-state index in [0.29, 0.717) is 18.5 Å². The summed E-state index contributed by atoms with van der Waals surface area (Å²) in [6, 6.07) is 12.7. The molecule has 2 aromatic heterocycles. The Bertz CT molecular complexity index is 823. The van der Waals surface area contributed by atoms with Gasteiger partial charge in [0.25, 0.3) is 0 Å². The first kappa shape index (κ1) is 15.1. The second-order valence-corrected chi connectivity index (χ2v) is 5.98. The Balaban J connectivity index is 1.86. The molecule has 24 heavy (non-hydrogen) atoms. The Labute approximate surface area is 141 Å². The maximum absolute atomic E-state index is 5.79. The van der Waals surface area contributed by atoms with Gasteiger partial charge in [0.2, 0.25) is 5.88 Å². The zero-order valence-corrected chi connectivity index (χ0v) is 13.8. The lowest BCUT2D eigenvalue weighted by Gasteiger charge is -2.23. The zero-order chi connectivity index (χ0) is 16.4. The Morgan fingerprint density at radius 1 is 1.21 bits per heavy atom. The van der Waals surface area contributed by atoms with Gasteiger partial charge >= 0.3 is 0 Å². The maximum atomic E-state index is 5.79. The number of fused-ring (bicyclic) bond motifs is 1. The first-order chi connectivity index (χ1) is 11.9. The smallest absolute Gasteiger partial charge is 0.225 e. The summed E-state index contributed by atoms with van der Waals surface area (Å²) in [6.07, 6.45) is 3.85. The van der Waals surface area contributed by atoms with Crippen molar-refractivity contribution in [2.24, 2.45) is 0 Å². The van der Waals surface area contributed by atoms with Crippen LogP contribution in [0.25, 0.3) is 22.2 Å². The number of rotatable bonds is 4. The quantitative estimate of drug-likeness (QED) is 0.732. The van der Waals surface area contributed by atoms with E-state index in [1.807, 2.05) is 31.3 Å². The molecule has 0 radical (unpaired) electrons. The van der Waals surface area contributed by atoms with E-state index in [2.05, 4.69) is 28.0 Å². The number of ether oxygens (including phenoxy) is 2. The molecule has 4 rings (SSSR count). The Morgan fingerprint density at radius 2 is 2.00 bits per heavy atom. The van der Waals surface area contributed by atoms with Crippen molar-refractivity contribution in [3.05, 3.63) is 42.6 Å². The van der Waals surface area contributed by atoms with Crippen LogP contribution in [0, 0.1) is 0 Å². The minimum absolute atomic E-state index is 0.372. The molecule has 5 nitrogen and oxygen atoms in total. The third kappa shape index (κ3) is 2.76. The summed E-state index contributed by atoms with van der Waals surface area (Å²) in [7, 11) is 0. The van der Waals surface area contributed by atoms with E-state index in [1.54, 1.807) is 0 Å². The van der Waals surface area contributed by atoms with Crippen LogP contribution in [0.2, 0.25) is 0 Å². The van der Waals surface area contributed by atoms with Crippen molar-refractivity contribution >= 4 is 10.9 Å². The molecule has 0 saturated carbocycles. The van der Waals surface area contributed by atoms with Gasteiger partial charge in [-0.2, -0.15) is 5.10 Å². The van der Waals surface area contributed by atoms with Crippen LogP contribution in [0.3, 0.4) is 0 Å². The summed E-state index contributed by atoms with van der Waals surface area (Å²) in [5.74, 6) is 0.659. The van der Waals surface area contributed by atoms with Crippen LogP contribution in [0.1, 0.15) is 25.8 Å². The van der Waals surface area contributed by atoms with Gasteiger partial charge in [-0.3, -0.25) is 4.68 Å². The molecule has 0 atom stereocenters. The van der Waals surface area contributed by atoms with Gasteiger partial charge in [0.05, 0.1) is 35.4 Å². The third-order valence-electron chi connectivity index (χ3n) is 4.45. The van der Waals surface area contributed by atoms with E-state index >= 15 is 0 Å². The lowest BCUT2D eigenvalue weighted by atomic mass is 10.1. The Hall–Kier alpha value is -2.40. The Kier molecular flexibility index (Phi) is 4.17. The minimum atomic E-state index is 0.372. The minimum Gasteiger partial charge on any atom is -0.477 e. The molecule has 3 aromatic rings. The number of hydrogen-bond donors (Lipinski definition) is 0. The van der Waals surface area contributed by atoms with E-state index in [-0.39, 0.29) is 0 Å². The normalized spacial score (nSPS) is 15.7. The topological polar surface area (TPSA) is 49.2 Å². The van der Waals surface area contributed by atoms with Crippen molar-refractivity contribution in [2.45, 2.75) is 25.8 Å². The first-order valence-electron chi connectivity index (χ1n) is 8.51. The predicted octanol–water partition coefficient (Wildman–Crippen LogP) is 3.85. The van der Waals surface area contributed by atoms with Crippen molar-refractivity contribution in [1.29, 1.82) is 0 Å². The molecule has 1 saturated heterocycles. The van der Waals surface area contributed by atoms with Crippen molar-refractivity contribution < 1.29 is 9.47 Å². The van der Waals surface area contributed by atoms with Crippen LogP contribution < -0.4 is 4.74 Å². The van der Waals surface area contributed by atoms with Crippen molar-refractivity contribution in [2.75, 3.05) is 19.8 Å². The monoisotopic (exact) mass is 323 g/mol. The van der Waals surface area contributed by atoms with Gasteiger partial charge < -0.3 is 9.47 Å². The van der Waals surface area contributed by atoms with Gasteiger partial charge in [-0.25, -0.2) is 4.98 Å². The SMILES string of the molecule is CCOc1nc(-c2ccccc2)cc2c1cnn2C1CCOCC1. The molecule has 0 unspecified atom stereocenters. The van der Waals surface area contributed by atoms with Crippen molar-refractivity contribution in [3.63, 3.8) is 0 Å². The summed E-state index contributed by atoms with van der Waals surface area (Å²) in [5, 5.41) is 5.61. The highest BCUT2D eigenvalue weighted by Crippen LogP contribution is 2.32. The van der Waals surface area contributed by atoms with E-state index in [1.165, 1.54) is 0 Å². The van der Waals surface area contributed by atoms with E-state index in [0.717, 1.165) is 48.2 Å². The van der Waals surface area contributed by atoms with Gasteiger partial charge in [0.1, 0.15) is 0 Å². The van der Waals surface area contributed by atoms with Gasteiger partial charge in [-0.15, -0.1) is 0 Å². The molecule has 0 spiro atoms. The molecule has 3 heterocycles. The highest BCUT2D eigenvalue weighted by molar-refractivity contribution is 5.87. The number of benzene rings is 1. The second kappa shape index (κ2) is 6.61. The molecule has 5 heteroatoms. The fraction of sp³-hybridized carbons (Fsp3) is 0.368. The molecule has 1 aromatic carbocycles. The molecule has 124 valence electrons. The van der Waals surface area contributed by atoms with E-state index in [4.69, 9.17) is 14.5 Å². The largest absolute Gasteiger partial charge is 0.477 e. The second-order valence-electron chi connectivity index (χ2n) is 5.98. The highest BCUT2D eigenvalue weighted by atomic mass is 16.5. The highest BCUT2D eigenvalue weighted by Gasteiger charge is 2.21. The Morgan fingerprint density at radius 3 is 2.75 bits per heavy atom. The van der Waals surface area contributed by atoms with Crippen LogP contribution >= 0.6 is 0 Å². The van der Waals surface area contributed by atoms with Gasteiger partial charge in [0.15, 0.2) is 0 Å². The number of aromatic nitrogens is 3. The van der Waals surface area contributed by atoms with Crippen LogP contribution in [-0.4, -0.2) is 34.6 Å². The van der Waals surface area contributed by atoms with Gasteiger partial charge in [-0.05, 0) is 25.8 Å². The van der Waals surface area contributed by atoms with Gasteiger partial charge in [-0.1, -0.05) is 30.3 Å². The lowest BCUT2D eigenvalue weighted by molar-refractivity contribution is 0.0675. The lowest BCUT2D eigenvalue weighted by Crippen LogP contribution is -2.20. The molecule has 0 aliphatic carbocycles. The average Bonchev–Trinajstić information content (AvgIpc) is 3.08. The molecule has 1 aliphatic rings. The standard InChI is InChI=1S/C19H21N3O2/c1-2-24-19-16-13-20-22(15-8-10-23-11-9-15)18(16)12-17(21-19)14-6-4-3-5-7-14/h3-7,12-13,15H,2,8-11H2,1H3. The summed E-state index contributed by atoms with van der Waals surface area (Å²) < 4.78 is 13.4. The molecule has 0 N–H and O–H groups in total. The first-order valence-corrected chi connectivity index (χ1v) is 8.51. The molecular weight excluding hydrogens is 302 g/mol. The molecule has 0 amide bonds. The summed E-state index contributed by atoms with van der Waals surface area (Å²) >= 11 is 0. The molecule has 1 aliphatic heterocycles. The van der Waals surface area contributed by atoms with Crippen molar-refractivity contribution in [3.8, 4) is 17.1 Å². The van der Waals surface area contributed by atoms with Crippen LogP contribution in [0.15, 0.2) is 42.6 Å². The van der Waals surface area contributed by atoms with Crippen LogP contribution in [0.4, 0.5) is 0 Å². The average molecular weight is 323 g/mol. The summed E-state index contributed by atoms with van der Waals surface area (Å²) in [6.45, 7) is 4.15. The number of pyridine rings is 1. The molecule has 0 bridgehead atoms. The van der Waals surface area contributed by atoms with E-state index in [9.17, 15) is 0 Å². The van der Waals surface area contributed by atoms with Crippen LogP contribution in [-0.2, 0) is 4.74 Å². The molecular formula is C19H21N3O2. The number of hydrogen-bond acceptors (Lipinski definition) is 4. The predicted molar refractivity (Wildman–Crippen MR) is 93.2 cm³/mol. The third-order valence-corrected chi connectivity index (χ3v) is 4.45. The zero-order valence-electron chi connectivity index (χ0n) is 13.8. The number of nitrogens with zero attached hydrogens (tertiary/aromatic N) is 3. The van der Waals surface area contributed by atoms with Crippen LogP contribution in [0.5, 0.6) is 5.88 Å². The fourth-order valence-electron chi connectivity index (χ4n) is 3.24. The van der Waals surface area contributed by atoms with Gasteiger partial charge in [0, 0.05) is 18.8 Å². The maximum Gasteiger partial charge on any atom is 0.225 e. The van der Waals surface area contributed by atoms with E-state index < -0.39 is 0 Å². The molecule has 1 fully saturated rings. The summed E-state index contributed by atoms with van der Waals surface area (Å²) in [4.78, 5) is 4.72. The summed E-state index contributed by atoms with van der Waals surface area (Å²) in [5.41, 5.74) is 3.08. The van der Waals surface area contributed by atoms with Crippen molar-refractivity contribution in [1.82, 2.24) is 14.8 Å².